The van der Waals surface area contributed by atoms with Gasteiger partial charge in [0.15, 0.2) is 11.6 Å². The molecule has 128 valence electrons. The van der Waals surface area contributed by atoms with E-state index >= 15 is 0 Å². The second kappa shape index (κ2) is 9.33. The molecular formula is C19H28O4. The van der Waals surface area contributed by atoms with Crippen LogP contribution in [0.5, 0.6) is 11.5 Å². The fourth-order valence-electron chi connectivity index (χ4n) is 2.50. The number of carbonyl (C=O) groups is 2. The van der Waals surface area contributed by atoms with Crippen molar-refractivity contribution in [3.63, 3.8) is 0 Å². The van der Waals surface area contributed by atoms with Crippen molar-refractivity contribution in [2.24, 2.45) is 5.92 Å². The molecular weight excluding hydrogens is 292 g/mol. The number of benzene rings is 1. The standard InChI is InChI=1S/C19H28O4/c1-6-8-9-15(7-2)12-23-19-11-16(13(3)20)18(22-5)10-17(19)14(4)21/h10-11,15H,6-9,12H2,1-5H3. The number of hydrogen-bond acceptors (Lipinski definition) is 4. The number of ether oxygens (including phenoxy) is 2. The van der Waals surface area contributed by atoms with Gasteiger partial charge < -0.3 is 9.47 Å². The first-order chi connectivity index (χ1) is 10.9. The summed E-state index contributed by atoms with van der Waals surface area (Å²) in [5.41, 5.74) is 0.895. The zero-order valence-electron chi connectivity index (χ0n) is 14.9. The average Bonchev–Trinajstić information content (AvgIpc) is 2.53. The van der Waals surface area contributed by atoms with Gasteiger partial charge in [-0.1, -0.05) is 33.1 Å². The number of rotatable bonds is 10. The largest absolute Gasteiger partial charge is 0.496 e. The van der Waals surface area contributed by atoms with Crippen LogP contribution in [-0.2, 0) is 0 Å². The van der Waals surface area contributed by atoms with Crippen molar-refractivity contribution in [1.82, 2.24) is 0 Å². The number of carbonyl (C=O) groups excluding carboxylic acids is 2. The fraction of sp³-hybridized carbons (Fsp3) is 0.579. The molecule has 0 heterocycles. The molecule has 23 heavy (non-hydrogen) atoms. The maximum atomic E-state index is 11.9. The van der Waals surface area contributed by atoms with Gasteiger partial charge in [-0.15, -0.1) is 0 Å². The van der Waals surface area contributed by atoms with Crippen LogP contribution in [0.15, 0.2) is 12.1 Å². The summed E-state index contributed by atoms with van der Waals surface area (Å²) in [6.45, 7) is 7.84. The van der Waals surface area contributed by atoms with Crippen molar-refractivity contribution in [3.05, 3.63) is 23.3 Å². The monoisotopic (exact) mass is 320 g/mol. The first-order valence-electron chi connectivity index (χ1n) is 8.31. The topological polar surface area (TPSA) is 52.6 Å². The minimum atomic E-state index is -0.111. The van der Waals surface area contributed by atoms with E-state index in [0.29, 0.717) is 35.2 Å². The highest BCUT2D eigenvalue weighted by Crippen LogP contribution is 2.30. The van der Waals surface area contributed by atoms with Crippen LogP contribution < -0.4 is 9.47 Å². The number of ketones is 2. The Bertz CT molecular complexity index is 549. The summed E-state index contributed by atoms with van der Waals surface area (Å²) in [6.07, 6.45) is 4.47. The summed E-state index contributed by atoms with van der Waals surface area (Å²) in [5, 5.41) is 0. The van der Waals surface area contributed by atoms with Gasteiger partial charge in [0.05, 0.1) is 24.8 Å². The van der Waals surface area contributed by atoms with Crippen molar-refractivity contribution in [2.75, 3.05) is 13.7 Å². The van der Waals surface area contributed by atoms with Crippen LogP contribution in [-0.4, -0.2) is 25.3 Å². The molecule has 0 spiro atoms. The Morgan fingerprint density at radius 1 is 1.04 bits per heavy atom. The Balaban J connectivity index is 3.05. The van der Waals surface area contributed by atoms with Crippen LogP contribution in [0.3, 0.4) is 0 Å². The molecule has 1 aromatic carbocycles. The highest BCUT2D eigenvalue weighted by molar-refractivity contribution is 6.02. The summed E-state index contributed by atoms with van der Waals surface area (Å²) in [4.78, 5) is 23.7. The second-order valence-electron chi connectivity index (χ2n) is 5.89. The van der Waals surface area contributed by atoms with E-state index in [4.69, 9.17) is 9.47 Å². The van der Waals surface area contributed by atoms with Gasteiger partial charge in [-0.25, -0.2) is 0 Å². The molecule has 0 saturated heterocycles. The molecule has 0 N–H and O–H groups in total. The zero-order chi connectivity index (χ0) is 17.4. The Morgan fingerprint density at radius 3 is 2.09 bits per heavy atom. The average molecular weight is 320 g/mol. The van der Waals surface area contributed by atoms with E-state index in [9.17, 15) is 9.59 Å². The van der Waals surface area contributed by atoms with Crippen molar-refractivity contribution >= 4 is 11.6 Å². The van der Waals surface area contributed by atoms with Crippen molar-refractivity contribution in [2.45, 2.75) is 53.4 Å². The molecule has 0 bridgehead atoms. The number of Topliss-reactive ketones (excluding diaryl/α,β-unsaturated/α-hetero) is 2. The number of methoxy groups -OCH3 is 1. The van der Waals surface area contributed by atoms with Crippen molar-refractivity contribution in [3.8, 4) is 11.5 Å². The maximum absolute atomic E-state index is 11.9. The van der Waals surface area contributed by atoms with Crippen molar-refractivity contribution < 1.29 is 19.1 Å². The summed E-state index contributed by atoms with van der Waals surface area (Å²) < 4.78 is 11.1. The summed E-state index contributed by atoms with van der Waals surface area (Å²) in [5.74, 6) is 1.12. The van der Waals surface area contributed by atoms with Crippen LogP contribution in [0.4, 0.5) is 0 Å². The molecule has 0 fully saturated rings. The van der Waals surface area contributed by atoms with Crippen LogP contribution in [0.1, 0.15) is 74.1 Å². The number of unbranched alkanes of at least 4 members (excludes halogenated alkanes) is 1. The predicted molar refractivity (Wildman–Crippen MR) is 91.8 cm³/mol. The quantitative estimate of drug-likeness (QED) is 0.587. The Kier molecular flexibility index (Phi) is 7.79. The van der Waals surface area contributed by atoms with Crippen LogP contribution in [0, 0.1) is 5.92 Å². The molecule has 0 saturated carbocycles. The molecule has 0 aliphatic heterocycles. The third-order valence-corrected chi connectivity index (χ3v) is 4.08. The predicted octanol–water partition coefficient (Wildman–Crippen LogP) is 4.70. The van der Waals surface area contributed by atoms with Gasteiger partial charge in [-0.3, -0.25) is 9.59 Å². The molecule has 4 heteroatoms. The van der Waals surface area contributed by atoms with E-state index in [2.05, 4.69) is 13.8 Å². The van der Waals surface area contributed by atoms with E-state index in [1.807, 2.05) is 0 Å². The lowest BCUT2D eigenvalue weighted by Gasteiger charge is -2.18. The highest BCUT2D eigenvalue weighted by atomic mass is 16.5. The molecule has 0 aliphatic rings. The summed E-state index contributed by atoms with van der Waals surface area (Å²) >= 11 is 0. The Hall–Kier alpha value is -1.84. The minimum Gasteiger partial charge on any atom is -0.496 e. The summed E-state index contributed by atoms with van der Waals surface area (Å²) in [7, 11) is 1.49. The van der Waals surface area contributed by atoms with Gasteiger partial charge in [0.25, 0.3) is 0 Å². The van der Waals surface area contributed by atoms with E-state index in [0.717, 1.165) is 19.3 Å². The molecule has 0 aliphatic carbocycles. The molecule has 1 unspecified atom stereocenters. The molecule has 0 aromatic heterocycles. The van der Waals surface area contributed by atoms with Crippen LogP contribution in [0.2, 0.25) is 0 Å². The first kappa shape index (κ1) is 19.2. The highest BCUT2D eigenvalue weighted by Gasteiger charge is 2.18. The van der Waals surface area contributed by atoms with Gasteiger partial charge in [-0.05, 0) is 38.3 Å². The normalized spacial score (nSPS) is 11.9. The van der Waals surface area contributed by atoms with Crippen molar-refractivity contribution in [1.29, 1.82) is 0 Å². The smallest absolute Gasteiger partial charge is 0.163 e. The molecule has 1 atom stereocenters. The lowest BCUT2D eigenvalue weighted by Crippen LogP contribution is -2.13. The maximum Gasteiger partial charge on any atom is 0.163 e. The van der Waals surface area contributed by atoms with E-state index < -0.39 is 0 Å². The van der Waals surface area contributed by atoms with Crippen LogP contribution in [0.25, 0.3) is 0 Å². The molecule has 1 aromatic rings. The zero-order valence-corrected chi connectivity index (χ0v) is 14.9. The molecule has 4 nitrogen and oxygen atoms in total. The molecule has 0 radical (unpaired) electrons. The minimum absolute atomic E-state index is 0.102. The van der Waals surface area contributed by atoms with Gasteiger partial charge in [0.1, 0.15) is 11.5 Å². The van der Waals surface area contributed by atoms with Crippen LogP contribution >= 0.6 is 0 Å². The SMILES string of the molecule is CCCCC(CC)COc1cc(C(C)=O)c(OC)cc1C(C)=O. The van der Waals surface area contributed by atoms with E-state index in [-0.39, 0.29) is 11.6 Å². The molecule has 1 rings (SSSR count). The lowest BCUT2D eigenvalue weighted by atomic mass is 10.00. The Morgan fingerprint density at radius 2 is 1.61 bits per heavy atom. The van der Waals surface area contributed by atoms with Gasteiger partial charge in [0.2, 0.25) is 0 Å². The number of hydrogen-bond donors (Lipinski definition) is 0. The fourth-order valence-corrected chi connectivity index (χ4v) is 2.50. The second-order valence-corrected chi connectivity index (χ2v) is 5.89. The van der Waals surface area contributed by atoms with Gasteiger partial charge in [-0.2, -0.15) is 0 Å². The molecule has 0 amide bonds. The Labute approximate surface area is 139 Å². The lowest BCUT2D eigenvalue weighted by molar-refractivity contribution is 0.0994. The van der Waals surface area contributed by atoms with Gasteiger partial charge in [0, 0.05) is 0 Å². The first-order valence-corrected chi connectivity index (χ1v) is 8.31. The van der Waals surface area contributed by atoms with E-state index in [1.54, 1.807) is 12.1 Å². The third-order valence-electron chi connectivity index (χ3n) is 4.08. The third kappa shape index (κ3) is 5.38. The summed E-state index contributed by atoms with van der Waals surface area (Å²) in [6, 6.07) is 3.23. The van der Waals surface area contributed by atoms with E-state index in [1.165, 1.54) is 27.4 Å². The van der Waals surface area contributed by atoms with Gasteiger partial charge >= 0.3 is 0 Å².